The van der Waals surface area contributed by atoms with Gasteiger partial charge in [-0.3, -0.25) is 14.7 Å². The van der Waals surface area contributed by atoms with Crippen LogP contribution in [0.4, 0.5) is 11.6 Å². The quantitative estimate of drug-likeness (QED) is 0.579. The lowest BCUT2D eigenvalue weighted by molar-refractivity contribution is -0.385. The fraction of sp³-hybridized carbons (Fsp3) is 0.467. The van der Waals surface area contributed by atoms with E-state index in [-0.39, 0.29) is 5.69 Å². The van der Waals surface area contributed by atoms with Crippen LogP contribution in [-0.2, 0) is 11.3 Å². The van der Waals surface area contributed by atoms with Crippen molar-refractivity contribution in [3.05, 3.63) is 32.8 Å². The maximum absolute atomic E-state index is 11.0. The van der Waals surface area contributed by atoms with Gasteiger partial charge in [-0.25, -0.2) is 0 Å². The van der Waals surface area contributed by atoms with Crippen LogP contribution >= 0.6 is 23.4 Å². The molecule has 1 aromatic heterocycles. The zero-order valence-corrected chi connectivity index (χ0v) is 15.5. The van der Waals surface area contributed by atoms with Gasteiger partial charge in [-0.1, -0.05) is 11.6 Å². The molecule has 25 heavy (non-hydrogen) atoms. The monoisotopic (exact) mass is 383 g/mol. The van der Waals surface area contributed by atoms with Crippen LogP contribution in [-0.4, -0.2) is 46.0 Å². The summed E-state index contributed by atoms with van der Waals surface area (Å²) >= 11 is 7.60. The molecule has 1 aromatic carbocycles. The molecule has 0 atom stereocenters. The fourth-order valence-corrected chi connectivity index (χ4v) is 3.91. The fourth-order valence-electron chi connectivity index (χ4n) is 2.65. The Labute approximate surface area is 154 Å². The van der Waals surface area contributed by atoms with E-state index >= 15 is 0 Å². The second kappa shape index (κ2) is 7.59. The molecule has 0 aliphatic carbocycles. The van der Waals surface area contributed by atoms with Gasteiger partial charge in [-0.15, -0.1) is 10.2 Å². The van der Waals surface area contributed by atoms with E-state index in [4.69, 9.17) is 16.3 Å². The molecule has 2 heterocycles. The van der Waals surface area contributed by atoms with Gasteiger partial charge < -0.3 is 9.64 Å². The Morgan fingerprint density at radius 3 is 2.72 bits per heavy atom. The lowest BCUT2D eigenvalue weighted by Gasteiger charge is -2.27. The molecule has 1 saturated heterocycles. The smallest absolute Gasteiger partial charge is 0.273 e. The van der Waals surface area contributed by atoms with Crippen LogP contribution in [0.25, 0.3) is 0 Å². The van der Waals surface area contributed by atoms with E-state index in [0.29, 0.717) is 35.5 Å². The second-order valence-electron chi connectivity index (χ2n) is 5.55. The maximum Gasteiger partial charge on any atom is 0.273 e. The van der Waals surface area contributed by atoms with Crippen molar-refractivity contribution in [1.82, 2.24) is 14.8 Å². The number of aryl methyl sites for hydroxylation is 1. The summed E-state index contributed by atoms with van der Waals surface area (Å²) in [4.78, 5) is 13.5. The predicted molar refractivity (Wildman–Crippen MR) is 95.7 cm³/mol. The predicted octanol–water partition coefficient (Wildman–Crippen LogP) is 3.16. The van der Waals surface area contributed by atoms with Crippen LogP contribution in [0, 0.1) is 17.0 Å². The molecule has 10 heteroatoms. The summed E-state index contributed by atoms with van der Waals surface area (Å²) in [5.41, 5.74) is 0.577. The Morgan fingerprint density at radius 1 is 1.36 bits per heavy atom. The lowest BCUT2D eigenvalue weighted by atomic mass is 10.2. The van der Waals surface area contributed by atoms with Crippen molar-refractivity contribution in [2.24, 2.45) is 0 Å². The Balaban J connectivity index is 1.89. The van der Waals surface area contributed by atoms with Crippen LogP contribution in [0.3, 0.4) is 0 Å². The number of halogens is 1. The molecular weight excluding hydrogens is 366 g/mol. The summed E-state index contributed by atoms with van der Waals surface area (Å²) in [5.74, 6) is 0.808. The molecule has 1 fully saturated rings. The van der Waals surface area contributed by atoms with Gasteiger partial charge in [0.05, 0.1) is 23.2 Å². The summed E-state index contributed by atoms with van der Waals surface area (Å²) in [6.07, 6.45) is 0. The molecule has 0 unspecified atom stereocenters. The molecule has 8 nitrogen and oxygen atoms in total. The normalized spacial score (nSPS) is 14.8. The standard InChI is InChI=1S/C15H18ClN5O3S/c1-3-20-14(19-4-6-24-7-5-19)17-18-15(20)25-13-8-10(2)12(21(22)23)9-11(13)16/h8-9H,3-7H2,1-2H3. The van der Waals surface area contributed by atoms with Crippen LogP contribution in [0.1, 0.15) is 12.5 Å². The Kier molecular flexibility index (Phi) is 5.45. The minimum absolute atomic E-state index is 0.0142. The average Bonchev–Trinajstić information content (AvgIpc) is 3.01. The topological polar surface area (TPSA) is 86.3 Å². The van der Waals surface area contributed by atoms with Gasteiger partial charge in [0.25, 0.3) is 5.69 Å². The highest BCUT2D eigenvalue weighted by molar-refractivity contribution is 7.99. The number of rotatable bonds is 5. The van der Waals surface area contributed by atoms with Crippen LogP contribution in [0.5, 0.6) is 0 Å². The SMILES string of the molecule is CCn1c(Sc2cc(C)c([N+](=O)[O-])cc2Cl)nnc1N1CCOCC1. The van der Waals surface area contributed by atoms with Crippen molar-refractivity contribution in [2.45, 2.75) is 30.4 Å². The van der Waals surface area contributed by atoms with Crippen LogP contribution < -0.4 is 4.90 Å². The minimum atomic E-state index is -0.430. The molecule has 0 spiro atoms. The van der Waals surface area contributed by atoms with E-state index in [9.17, 15) is 10.1 Å². The first-order valence-corrected chi connectivity index (χ1v) is 9.09. The van der Waals surface area contributed by atoms with Crippen molar-refractivity contribution in [3.8, 4) is 0 Å². The first-order valence-electron chi connectivity index (χ1n) is 7.89. The molecular formula is C15H18ClN5O3S. The number of benzene rings is 1. The van der Waals surface area contributed by atoms with Gasteiger partial charge in [-0.2, -0.15) is 0 Å². The summed E-state index contributed by atoms with van der Waals surface area (Å²) in [6.45, 7) is 7.34. The van der Waals surface area contributed by atoms with E-state index in [1.54, 1.807) is 13.0 Å². The number of nitro groups is 1. The number of hydrogen-bond donors (Lipinski definition) is 0. The number of hydrogen-bond acceptors (Lipinski definition) is 7. The van der Waals surface area contributed by atoms with Crippen molar-refractivity contribution < 1.29 is 9.66 Å². The molecule has 0 saturated carbocycles. The van der Waals surface area contributed by atoms with Crippen LogP contribution in [0.2, 0.25) is 5.02 Å². The van der Waals surface area contributed by atoms with Gasteiger partial charge in [0.2, 0.25) is 5.95 Å². The van der Waals surface area contributed by atoms with Crippen LogP contribution in [0.15, 0.2) is 22.2 Å². The Hall–Kier alpha value is -1.84. The highest BCUT2D eigenvalue weighted by atomic mass is 35.5. The summed E-state index contributed by atoms with van der Waals surface area (Å²) in [7, 11) is 0. The molecule has 0 amide bonds. The summed E-state index contributed by atoms with van der Waals surface area (Å²) in [6, 6.07) is 3.10. The summed E-state index contributed by atoms with van der Waals surface area (Å²) < 4.78 is 7.40. The van der Waals surface area contributed by atoms with Gasteiger partial charge in [0.1, 0.15) is 0 Å². The molecule has 1 aliphatic rings. The number of anilines is 1. The second-order valence-corrected chi connectivity index (χ2v) is 6.97. The molecule has 3 rings (SSSR count). The number of nitrogens with zero attached hydrogens (tertiary/aromatic N) is 5. The highest BCUT2D eigenvalue weighted by Gasteiger charge is 2.22. The lowest BCUT2D eigenvalue weighted by Crippen LogP contribution is -2.38. The number of morpholine rings is 1. The largest absolute Gasteiger partial charge is 0.378 e. The highest BCUT2D eigenvalue weighted by Crippen LogP contribution is 2.37. The molecule has 134 valence electrons. The van der Waals surface area contributed by atoms with Crippen molar-refractivity contribution in [2.75, 3.05) is 31.2 Å². The third-order valence-corrected chi connectivity index (χ3v) is 5.42. The zero-order chi connectivity index (χ0) is 18.0. The van der Waals surface area contributed by atoms with E-state index in [2.05, 4.69) is 15.1 Å². The average molecular weight is 384 g/mol. The van der Waals surface area contributed by atoms with E-state index in [1.165, 1.54) is 17.8 Å². The molecule has 0 N–H and O–H groups in total. The van der Waals surface area contributed by atoms with Crippen molar-refractivity contribution in [3.63, 3.8) is 0 Å². The Morgan fingerprint density at radius 2 is 2.08 bits per heavy atom. The minimum Gasteiger partial charge on any atom is -0.378 e. The first kappa shape index (κ1) is 18.0. The molecule has 1 aliphatic heterocycles. The summed E-state index contributed by atoms with van der Waals surface area (Å²) in [5, 5.41) is 20.7. The van der Waals surface area contributed by atoms with E-state index in [1.807, 2.05) is 11.5 Å². The molecule has 0 radical (unpaired) electrons. The number of ether oxygens (including phenoxy) is 1. The van der Waals surface area contributed by atoms with E-state index < -0.39 is 4.92 Å². The van der Waals surface area contributed by atoms with Crippen molar-refractivity contribution >= 4 is 35.0 Å². The zero-order valence-electron chi connectivity index (χ0n) is 13.9. The molecule has 0 bridgehead atoms. The van der Waals surface area contributed by atoms with Gasteiger partial charge in [-0.05, 0) is 31.7 Å². The third-order valence-electron chi connectivity index (χ3n) is 3.96. The van der Waals surface area contributed by atoms with Gasteiger partial charge in [0, 0.05) is 36.2 Å². The third kappa shape index (κ3) is 3.73. The number of aromatic nitrogens is 3. The van der Waals surface area contributed by atoms with Crippen molar-refractivity contribution in [1.29, 1.82) is 0 Å². The first-order chi connectivity index (χ1) is 12.0. The molecule has 2 aromatic rings. The Bertz CT molecular complexity index is 792. The maximum atomic E-state index is 11.0. The van der Waals surface area contributed by atoms with Gasteiger partial charge in [0.15, 0.2) is 5.16 Å². The van der Waals surface area contributed by atoms with E-state index in [0.717, 1.165) is 23.9 Å². The number of nitro benzene ring substituents is 1. The van der Waals surface area contributed by atoms with Gasteiger partial charge >= 0.3 is 0 Å².